The Labute approximate surface area is 144 Å². The molecule has 1 amide bonds. The number of likely N-dealkylation sites (tertiary alicyclic amines) is 1. The number of carbonyl (C=O) groups is 1. The summed E-state index contributed by atoms with van der Waals surface area (Å²) in [6.07, 6.45) is 3.79. The molecule has 1 aliphatic heterocycles. The molecule has 0 unspecified atom stereocenters. The van der Waals surface area contributed by atoms with E-state index in [4.69, 9.17) is 0 Å². The molecule has 1 rings (SSSR count). The molecule has 1 heterocycles. The van der Waals surface area contributed by atoms with Crippen molar-refractivity contribution in [2.45, 2.75) is 78.8 Å². The third-order valence-corrected chi connectivity index (χ3v) is 4.42. The van der Waals surface area contributed by atoms with Crippen LogP contribution in [0.4, 0.5) is 0 Å². The van der Waals surface area contributed by atoms with Crippen LogP contribution in [0.1, 0.15) is 67.2 Å². The minimum absolute atomic E-state index is 0.134. The fraction of sp³-hybridized carbons (Fsp3) is 0.947. The summed E-state index contributed by atoms with van der Waals surface area (Å²) in [6, 6.07) is 0.425. The number of piperidine rings is 1. The summed E-state index contributed by atoms with van der Waals surface area (Å²) >= 11 is 0. The first kappa shape index (κ1) is 20.4. The zero-order valence-electron chi connectivity index (χ0n) is 16.5. The molecule has 4 nitrogen and oxygen atoms in total. The van der Waals surface area contributed by atoms with Crippen molar-refractivity contribution in [2.75, 3.05) is 33.2 Å². The van der Waals surface area contributed by atoms with Gasteiger partial charge >= 0.3 is 0 Å². The van der Waals surface area contributed by atoms with Crippen molar-refractivity contribution >= 4 is 5.91 Å². The lowest BCUT2D eigenvalue weighted by molar-refractivity contribution is -0.133. The van der Waals surface area contributed by atoms with Gasteiger partial charge in [-0.3, -0.25) is 4.79 Å². The van der Waals surface area contributed by atoms with Gasteiger partial charge in [0.05, 0.1) is 0 Å². The van der Waals surface area contributed by atoms with E-state index >= 15 is 0 Å². The average Bonchev–Trinajstić information content (AvgIpc) is 2.40. The molecule has 0 bridgehead atoms. The van der Waals surface area contributed by atoms with Gasteiger partial charge in [-0.05, 0) is 52.0 Å². The number of nitrogens with one attached hydrogen (secondary N) is 1. The molecular weight excluding hydrogens is 286 g/mol. The van der Waals surface area contributed by atoms with Crippen molar-refractivity contribution < 1.29 is 4.79 Å². The molecule has 0 radical (unpaired) electrons. The number of hydrogen-bond acceptors (Lipinski definition) is 3. The molecule has 0 aromatic rings. The van der Waals surface area contributed by atoms with Crippen molar-refractivity contribution in [3.05, 3.63) is 0 Å². The number of rotatable bonds is 6. The van der Waals surface area contributed by atoms with Crippen LogP contribution in [0.5, 0.6) is 0 Å². The SMILES string of the molecule is CN(C(=O)CCCNC(C)(C)C)C1CCN(CC(C)(C)C)CC1. The lowest BCUT2D eigenvalue weighted by Gasteiger charge is -2.39. The molecule has 0 aliphatic carbocycles. The first-order valence-corrected chi connectivity index (χ1v) is 9.21. The third-order valence-electron chi connectivity index (χ3n) is 4.42. The highest BCUT2D eigenvalue weighted by atomic mass is 16.2. The van der Waals surface area contributed by atoms with Gasteiger partial charge < -0.3 is 15.1 Å². The summed E-state index contributed by atoms with van der Waals surface area (Å²) in [5, 5.41) is 3.45. The summed E-state index contributed by atoms with van der Waals surface area (Å²) in [5.74, 6) is 0.301. The van der Waals surface area contributed by atoms with Crippen LogP contribution >= 0.6 is 0 Å². The van der Waals surface area contributed by atoms with Crippen molar-refractivity contribution in [3.63, 3.8) is 0 Å². The van der Waals surface area contributed by atoms with E-state index in [0.29, 0.717) is 23.8 Å². The number of carbonyl (C=O) groups excluding carboxylic acids is 1. The zero-order valence-corrected chi connectivity index (χ0v) is 16.5. The molecule has 0 aromatic heterocycles. The first-order valence-electron chi connectivity index (χ1n) is 9.21. The fourth-order valence-corrected chi connectivity index (χ4v) is 3.22. The number of amides is 1. The van der Waals surface area contributed by atoms with Gasteiger partial charge in [-0.1, -0.05) is 20.8 Å². The second kappa shape index (κ2) is 8.48. The van der Waals surface area contributed by atoms with Crippen LogP contribution < -0.4 is 5.32 Å². The largest absolute Gasteiger partial charge is 0.343 e. The summed E-state index contributed by atoms with van der Waals surface area (Å²) in [4.78, 5) is 16.9. The predicted molar refractivity (Wildman–Crippen MR) is 98.7 cm³/mol. The van der Waals surface area contributed by atoms with Gasteiger partial charge in [-0.15, -0.1) is 0 Å². The van der Waals surface area contributed by atoms with Gasteiger partial charge in [-0.2, -0.15) is 0 Å². The lowest BCUT2D eigenvalue weighted by Crippen LogP contribution is -2.47. The van der Waals surface area contributed by atoms with Gasteiger partial charge in [-0.25, -0.2) is 0 Å². The van der Waals surface area contributed by atoms with Gasteiger partial charge in [0, 0.05) is 44.7 Å². The molecule has 1 saturated heterocycles. The molecule has 4 heteroatoms. The maximum atomic E-state index is 12.4. The predicted octanol–water partition coefficient (Wildman–Crippen LogP) is 3.12. The smallest absolute Gasteiger partial charge is 0.222 e. The summed E-state index contributed by atoms with van der Waals surface area (Å²) in [5.41, 5.74) is 0.490. The van der Waals surface area contributed by atoms with E-state index < -0.39 is 0 Å². The van der Waals surface area contributed by atoms with E-state index in [1.54, 1.807) is 0 Å². The Morgan fingerprint density at radius 1 is 1.13 bits per heavy atom. The second-order valence-corrected chi connectivity index (χ2v) is 9.35. The lowest BCUT2D eigenvalue weighted by atomic mass is 9.94. The average molecular weight is 326 g/mol. The quantitative estimate of drug-likeness (QED) is 0.762. The Balaban J connectivity index is 2.27. The standard InChI is InChI=1S/C19H39N3O/c1-18(2,3)15-22-13-10-16(11-14-22)21(7)17(23)9-8-12-20-19(4,5)6/h16,20H,8-15H2,1-7H3. The van der Waals surface area contributed by atoms with E-state index in [0.717, 1.165) is 45.4 Å². The van der Waals surface area contributed by atoms with E-state index in [9.17, 15) is 4.79 Å². The van der Waals surface area contributed by atoms with Crippen LogP contribution in [0, 0.1) is 5.41 Å². The Morgan fingerprint density at radius 2 is 1.70 bits per heavy atom. The third kappa shape index (κ3) is 8.71. The molecular formula is C19H39N3O. The van der Waals surface area contributed by atoms with Crippen LogP contribution in [0.25, 0.3) is 0 Å². The van der Waals surface area contributed by atoms with Crippen LogP contribution in [0.2, 0.25) is 0 Å². The maximum Gasteiger partial charge on any atom is 0.222 e. The van der Waals surface area contributed by atoms with E-state index in [1.165, 1.54) is 0 Å². The highest BCUT2D eigenvalue weighted by Gasteiger charge is 2.27. The number of hydrogen-bond donors (Lipinski definition) is 1. The van der Waals surface area contributed by atoms with Gasteiger partial charge in [0.2, 0.25) is 5.91 Å². The van der Waals surface area contributed by atoms with Gasteiger partial charge in [0.1, 0.15) is 0 Å². The van der Waals surface area contributed by atoms with Crippen molar-refractivity contribution in [1.29, 1.82) is 0 Å². The Hall–Kier alpha value is -0.610. The van der Waals surface area contributed by atoms with Crippen molar-refractivity contribution in [3.8, 4) is 0 Å². The molecule has 0 spiro atoms. The molecule has 1 fully saturated rings. The molecule has 1 N–H and O–H groups in total. The van der Waals surface area contributed by atoms with Crippen molar-refractivity contribution in [1.82, 2.24) is 15.1 Å². The van der Waals surface area contributed by atoms with E-state index in [2.05, 4.69) is 51.8 Å². The second-order valence-electron chi connectivity index (χ2n) is 9.35. The molecule has 23 heavy (non-hydrogen) atoms. The van der Waals surface area contributed by atoms with Crippen LogP contribution in [0.15, 0.2) is 0 Å². The van der Waals surface area contributed by atoms with Gasteiger partial charge in [0.25, 0.3) is 0 Å². The monoisotopic (exact) mass is 325 g/mol. The van der Waals surface area contributed by atoms with Crippen LogP contribution in [-0.2, 0) is 4.79 Å². The van der Waals surface area contributed by atoms with E-state index in [-0.39, 0.29) is 5.54 Å². The normalized spacial score (nSPS) is 18.2. The minimum atomic E-state index is 0.134. The molecule has 0 saturated carbocycles. The summed E-state index contributed by atoms with van der Waals surface area (Å²) in [7, 11) is 1.99. The topological polar surface area (TPSA) is 35.6 Å². The zero-order chi connectivity index (χ0) is 17.7. The van der Waals surface area contributed by atoms with Crippen LogP contribution in [-0.4, -0.2) is 60.5 Å². The minimum Gasteiger partial charge on any atom is -0.343 e. The molecule has 0 aromatic carbocycles. The fourth-order valence-electron chi connectivity index (χ4n) is 3.22. The number of nitrogens with zero attached hydrogens (tertiary/aromatic N) is 2. The highest BCUT2D eigenvalue weighted by molar-refractivity contribution is 5.76. The molecule has 0 atom stereocenters. The van der Waals surface area contributed by atoms with Gasteiger partial charge in [0.15, 0.2) is 0 Å². The first-order chi connectivity index (χ1) is 10.5. The Bertz CT molecular complexity index is 360. The highest BCUT2D eigenvalue weighted by Crippen LogP contribution is 2.21. The van der Waals surface area contributed by atoms with Crippen LogP contribution in [0.3, 0.4) is 0 Å². The van der Waals surface area contributed by atoms with E-state index in [1.807, 2.05) is 11.9 Å². The van der Waals surface area contributed by atoms with Crippen molar-refractivity contribution in [2.24, 2.45) is 5.41 Å². The molecule has 1 aliphatic rings. The molecule has 136 valence electrons. The Kier molecular flexibility index (Phi) is 7.53. The maximum absolute atomic E-state index is 12.4. The Morgan fingerprint density at radius 3 is 2.17 bits per heavy atom. The summed E-state index contributed by atoms with van der Waals surface area (Å²) < 4.78 is 0. The summed E-state index contributed by atoms with van der Waals surface area (Å²) in [6.45, 7) is 17.6.